The van der Waals surface area contributed by atoms with Crippen molar-refractivity contribution in [1.82, 2.24) is 0 Å². The maximum atomic E-state index is 10.6. The minimum atomic E-state index is -0.702. The third-order valence-electron chi connectivity index (χ3n) is 4.09. The van der Waals surface area contributed by atoms with Gasteiger partial charge in [-0.2, -0.15) is 0 Å². The highest BCUT2D eigenvalue weighted by Crippen LogP contribution is 2.22. The smallest absolute Gasteiger partial charge is 0.269 e. The Hall–Kier alpha value is -2.70. The molecule has 6 heteroatoms. The lowest BCUT2D eigenvalue weighted by atomic mass is 10.1. The fraction of sp³-hybridized carbons (Fsp3) is 0.222. The van der Waals surface area contributed by atoms with Crippen LogP contribution in [-0.4, -0.2) is 40.4 Å². The summed E-state index contributed by atoms with van der Waals surface area (Å²) in [6, 6.07) is 14.2. The molecule has 1 aliphatic rings. The minimum Gasteiger partial charge on any atom is -0.389 e. The number of aliphatic hydroxyl groups excluding tert-OH is 2. The first kappa shape index (κ1) is 16.2. The third kappa shape index (κ3) is 3.61. The van der Waals surface area contributed by atoms with E-state index in [0.717, 1.165) is 16.8 Å². The van der Waals surface area contributed by atoms with E-state index in [-0.39, 0.29) is 5.69 Å². The molecule has 1 aliphatic heterocycles. The standard InChI is InChI=1S/C18H18N2O4/c21-17-11-19(12-18(17)22)15-7-3-13(4-8-15)1-2-14-5-9-16(10-6-14)20(23)24/h1-10,17-18,21-22H,11-12H2/b2-1+. The van der Waals surface area contributed by atoms with E-state index < -0.39 is 17.1 Å². The fourth-order valence-electron chi connectivity index (χ4n) is 2.68. The lowest BCUT2D eigenvalue weighted by molar-refractivity contribution is -0.384. The second kappa shape index (κ2) is 6.82. The lowest BCUT2D eigenvalue weighted by Crippen LogP contribution is -2.22. The van der Waals surface area contributed by atoms with Crippen LogP contribution in [0.15, 0.2) is 48.5 Å². The van der Waals surface area contributed by atoms with Gasteiger partial charge in [-0.05, 0) is 35.4 Å². The molecule has 1 fully saturated rings. The van der Waals surface area contributed by atoms with Crippen molar-refractivity contribution in [1.29, 1.82) is 0 Å². The maximum Gasteiger partial charge on any atom is 0.269 e. The zero-order valence-electron chi connectivity index (χ0n) is 12.9. The average Bonchev–Trinajstić information content (AvgIpc) is 2.93. The molecule has 3 rings (SSSR count). The van der Waals surface area contributed by atoms with E-state index in [1.165, 1.54) is 12.1 Å². The van der Waals surface area contributed by atoms with Crippen LogP contribution in [0.5, 0.6) is 0 Å². The van der Waals surface area contributed by atoms with Gasteiger partial charge in [-0.15, -0.1) is 0 Å². The molecule has 1 heterocycles. The van der Waals surface area contributed by atoms with Crippen LogP contribution < -0.4 is 4.90 Å². The van der Waals surface area contributed by atoms with Crippen molar-refractivity contribution in [2.45, 2.75) is 12.2 Å². The molecular weight excluding hydrogens is 308 g/mol. The summed E-state index contributed by atoms with van der Waals surface area (Å²) in [6.07, 6.45) is 2.42. The highest BCUT2D eigenvalue weighted by Gasteiger charge is 2.29. The van der Waals surface area contributed by atoms with Gasteiger partial charge in [0.15, 0.2) is 0 Å². The van der Waals surface area contributed by atoms with Gasteiger partial charge in [0.05, 0.1) is 17.1 Å². The molecule has 0 aromatic heterocycles. The van der Waals surface area contributed by atoms with Gasteiger partial charge in [-0.25, -0.2) is 0 Å². The normalized spacial score (nSPS) is 20.7. The van der Waals surface area contributed by atoms with Crippen LogP contribution in [0.2, 0.25) is 0 Å². The van der Waals surface area contributed by atoms with E-state index in [4.69, 9.17) is 0 Å². The first-order chi connectivity index (χ1) is 11.5. The number of benzene rings is 2. The zero-order chi connectivity index (χ0) is 17.1. The molecular formula is C18H18N2O4. The Kier molecular flexibility index (Phi) is 4.59. The van der Waals surface area contributed by atoms with Crippen molar-refractivity contribution in [3.63, 3.8) is 0 Å². The quantitative estimate of drug-likeness (QED) is 0.511. The van der Waals surface area contributed by atoms with Gasteiger partial charge in [0.1, 0.15) is 0 Å². The van der Waals surface area contributed by atoms with Gasteiger partial charge in [-0.1, -0.05) is 24.3 Å². The monoisotopic (exact) mass is 326 g/mol. The molecule has 0 amide bonds. The molecule has 2 atom stereocenters. The Morgan fingerprint density at radius 1 is 0.917 bits per heavy atom. The number of nitro benzene ring substituents is 1. The first-order valence-electron chi connectivity index (χ1n) is 7.66. The highest BCUT2D eigenvalue weighted by molar-refractivity contribution is 5.71. The topological polar surface area (TPSA) is 86.8 Å². The fourth-order valence-corrected chi connectivity index (χ4v) is 2.68. The van der Waals surface area contributed by atoms with Gasteiger partial charge < -0.3 is 15.1 Å². The van der Waals surface area contributed by atoms with E-state index in [2.05, 4.69) is 0 Å². The molecule has 24 heavy (non-hydrogen) atoms. The Bertz CT molecular complexity index is 731. The predicted octanol–water partition coefficient (Wildman–Crippen LogP) is 2.31. The van der Waals surface area contributed by atoms with Crippen LogP contribution in [-0.2, 0) is 0 Å². The summed E-state index contributed by atoms with van der Waals surface area (Å²) in [5, 5.41) is 29.8. The predicted molar refractivity (Wildman–Crippen MR) is 92.7 cm³/mol. The van der Waals surface area contributed by atoms with Crippen LogP contribution in [0, 0.1) is 10.1 Å². The summed E-state index contributed by atoms with van der Waals surface area (Å²) in [6.45, 7) is 0.859. The Labute approximate surface area is 139 Å². The summed E-state index contributed by atoms with van der Waals surface area (Å²) >= 11 is 0. The summed E-state index contributed by atoms with van der Waals surface area (Å²) < 4.78 is 0. The molecule has 0 bridgehead atoms. The van der Waals surface area contributed by atoms with Crippen LogP contribution in [0.1, 0.15) is 11.1 Å². The van der Waals surface area contributed by atoms with Crippen LogP contribution >= 0.6 is 0 Å². The van der Waals surface area contributed by atoms with E-state index >= 15 is 0 Å². The molecule has 6 nitrogen and oxygen atoms in total. The van der Waals surface area contributed by atoms with E-state index in [1.807, 2.05) is 41.3 Å². The largest absolute Gasteiger partial charge is 0.389 e. The van der Waals surface area contributed by atoms with Crippen LogP contribution in [0.4, 0.5) is 11.4 Å². The van der Waals surface area contributed by atoms with Gasteiger partial charge in [0.2, 0.25) is 0 Å². The number of aliphatic hydroxyl groups is 2. The highest BCUT2D eigenvalue weighted by atomic mass is 16.6. The number of hydrogen-bond donors (Lipinski definition) is 2. The van der Waals surface area contributed by atoms with Gasteiger partial charge in [0.25, 0.3) is 5.69 Å². The molecule has 1 saturated heterocycles. The Morgan fingerprint density at radius 2 is 1.38 bits per heavy atom. The van der Waals surface area contributed by atoms with Gasteiger partial charge in [-0.3, -0.25) is 10.1 Å². The molecule has 0 radical (unpaired) electrons. The second-order valence-electron chi connectivity index (χ2n) is 5.81. The molecule has 2 unspecified atom stereocenters. The molecule has 124 valence electrons. The second-order valence-corrected chi connectivity index (χ2v) is 5.81. The van der Waals surface area contributed by atoms with E-state index in [9.17, 15) is 20.3 Å². The summed E-state index contributed by atoms with van der Waals surface area (Å²) in [7, 11) is 0. The van der Waals surface area contributed by atoms with E-state index in [0.29, 0.717) is 13.1 Å². The number of β-amino-alcohol motifs (C(OH)–C–C–N with tert-alkyl or cyclic N) is 2. The molecule has 0 saturated carbocycles. The van der Waals surface area contributed by atoms with Crippen molar-refractivity contribution in [2.24, 2.45) is 0 Å². The summed E-state index contributed by atoms with van der Waals surface area (Å²) in [5.41, 5.74) is 2.91. The van der Waals surface area contributed by atoms with Crippen molar-refractivity contribution >= 4 is 23.5 Å². The molecule has 2 N–H and O–H groups in total. The van der Waals surface area contributed by atoms with Crippen LogP contribution in [0.3, 0.4) is 0 Å². The number of nitrogens with zero attached hydrogens (tertiary/aromatic N) is 2. The Balaban J connectivity index is 1.66. The number of rotatable bonds is 4. The zero-order valence-corrected chi connectivity index (χ0v) is 12.9. The number of anilines is 1. The molecule has 0 aliphatic carbocycles. The van der Waals surface area contributed by atoms with Crippen molar-refractivity contribution in [3.8, 4) is 0 Å². The van der Waals surface area contributed by atoms with Crippen molar-refractivity contribution in [2.75, 3.05) is 18.0 Å². The molecule has 2 aromatic carbocycles. The third-order valence-corrected chi connectivity index (χ3v) is 4.09. The SMILES string of the molecule is O=[N+]([O-])c1ccc(/C=C/c2ccc(N3CC(O)C(O)C3)cc2)cc1. The van der Waals surface area contributed by atoms with E-state index in [1.54, 1.807) is 12.1 Å². The summed E-state index contributed by atoms with van der Waals surface area (Å²) in [4.78, 5) is 12.2. The first-order valence-corrected chi connectivity index (χ1v) is 7.66. The van der Waals surface area contributed by atoms with Gasteiger partial charge in [0, 0.05) is 30.9 Å². The number of nitro groups is 1. The van der Waals surface area contributed by atoms with Crippen LogP contribution in [0.25, 0.3) is 12.2 Å². The Morgan fingerprint density at radius 3 is 1.83 bits per heavy atom. The number of non-ortho nitro benzene ring substituents is 1. The van der Waals surface area contributed by atoms with Crippen molar-refractivity contribution in [3.05, 3.63) is 69.8 Å². The van der Waals surface area contributed by atoms with Crippen molar-refractivity contribution < 1.29 is 15.1 Å². The summed E-state index contributed by atoms with van der Waals surface area (Å²) in [5.74, 6) is 0. The maximum absolute atomic E-state index is 10.6. The molecule has 2 aromatic rings. The van der Waals surface area contributed by atoms with Gasteiger partial charge >= 0.3 is 0 Å². The number of hydrogen-bond acceptors (Lipinski definition) is 5. The minimum absolute atomic E-state index is 0.0755. The molecule has 0 spiro atoms. The lowest BCUT2D eigenvalue weighted by Gasteiger charge is -2.17. The average molecular weight is 326 g/mol.